The van der Waals surface area contributed by atoms with Gasteiger partial charge in [-0.1, -0.05) is 0 Å². The van der Waals surface area contributed by atoms with E-state index in [-0.39, 0.29) is 11.8 Å². The normalized spacial score (nSPS) is 15.1. The molecule has 0 aromatic heterocycles. The lowest BCUT2D eigenvalue weighted by molar-refractivity contribution is -0.135. The van der Waals surface area contributed by atoms with E-state index in [1.54, 1.807) is 6.92 Å². The third kappa shape index (κ3) is 3.70. The van der Waals surface area contributed by atoms with Crippen molar-refractivity contribution in [1.29, 1.82) is 0 Å². The molecule has 0 N–H and O–H groups in total. The van der Waals surface area contributed by atoms with Gasteiger partial charge in [0.2, 0.25) is 0 Å². The highest BCUT2D eigenvalue weighted by molar-refractivity contribution is 6.15. The summed E-state index contributed by atoms with van der Waals surface area (Å²) in [7, 11) is 1.47. The third-order valence-corrected chi connectivity index (χ3v) is 1.72. The second-order valence-electron chi connectivity index (χ2n) is 2.81. The van der Waals surface area contributed by atoms with Crippen LogP contribution >= 0.6 is 0 Å². The molecule has 0 atom stereocenters. The van der Waals surface area contributed by atoms with Crippen LogP contribution in [0.2, 0.25) is 0 Å². The summed E-state index contributed by atoms with van der Waals surface area (Å²) in [4.78, 5) is 22.5. The zero-order chi connectivity index (χ0) is 11.1. The highest BCUT2D eigenvalue weighted by atomic mass is 16.5. The average molecular weight is 199 g/mol. The van der Waals surface area contributed by atoms with E-state index in [4.69, 9.17) is 4.74 Å². The predicted octanol–water partition coefficient (Wildman–Crippen LogP) is 0.974. The quantitative estimate of drug-likeness (QED) is 0.623. The number of hydrogen-bond acceptors (Lipinski definition) is 3. The van der Waals surface area contributed by atoms with Crippen molar-refractivity contribution in [2.24, 2.45) is 0 Å². The van der Waals surface area contributed by atoms with Crippen LogP contribution in [0.3, 0.4) is 0 Å². The first-order valence-electron chi connectivity index (χ1n) is 4.62. The summed E-state index contributed by atoms with van der Waals surface area (Å²) < 4.78 is 4.83. The van der Waals surface area contributed by atoms with Gasteiger partial charge in [-0.15, -0.1) is 0 Å². The monoisotopic (exact) mass is 199 g/mol. The Morgan fingerprint density at radius 1 is 1.29 bits per heavy atom. The second-order valence-corrected chi connectivity index (χ2v) is 2.81. The van der Waals surface area contributed by atoms with Gasteiger partial charge in [0.15, 0.2) is 0 Å². The highest BCUT2D eigenvalue weighted by Gasteiger charge is 2.23. The van der Waals surface area contributed by atoms with Crippen LogP contribution < -0.4 is 0 Å². The SMILES string of the molecule is CC1=CC(=O)N(C)C1=O.CCOCC. The molecule has 14 heavy (non-hydrogen) atoms. The first-order chi connectivity index (χ1) is 6.54. The van der Waals surface area contributed by atoms with E-state index in [1.807, 2.05) is 13.8 Å². The van der Waals surface area contributed by atoms with Gasteiger partial charge in [-0.25, -0.2) is 0 Å². The molecule has 0 spiro atoms. The van der Waals surface area contributed by atoms with Crippen molar-refractivity contribution in [3.63, 3.8) is 0 Å². The number of likely N-dealkylation sites (N-methyl/N-ethyl adjacent to an activating group) is 1. The minimum atomic E-state index is -0.225. The van der Waals surface area contributed by atoms with Gasteiger partial charge in [0.05, 0.1) is 0 Å². The largest absolute Gasteiger partial charge is 0.382 e. The molecular formula is C10H17NO3. The van der Waals surface area contributed by atoms with E-state index in [9.17, 15) is 9.59 Å². The first kappa shape index (κ1) is 12.8. The summed E-state index contributed by atoms with van der Waals surface area (Å²) in [6.45, 7) is 7.30. The van der Waals surface area contributed by atoms with E-state index >= 15 is 0 Å². The lowest BCUT2D eigenvalue weighted by atomic mass is 10.3. The number of carbonyl (C=O) groups excluding carboxylic acids is 2. The number of ether oxygens (including phenoxy) is 1. The molecule has 1 rings (SSSR count). The molecule has 0 aliphatic carbocycles. The van der Waals surface area contributed by atoms with Crippen LogP contribution in [-0.4, -0.2) is 37.0 Å². The number of nitrogens with zero attached hydrogens (tertiary/aromatic N) is 1. The van der Waals surface area contributed by atoms with Crippen LogP contribution in [0, 0.1) is 0 Å². The Kier molecular flexibility index (Phi) is 5.79. The van der Waals surface area contributed by atoms with Crippen molar-refractivity contribution in [1.82, 2.24) is 4.90 Å². The zero-order valence-corrected chi connectivity index (χ0v) is 9.16. The van der Waals surface area contributed by atoms with Crippen molar-refractivity contribution >= 4 is 11.8 Å². The van der Waals surface area contributed by atoms with Crippen molar-refractivity contribution < 1.29 is 14.3 Å². The van der Waals surface area contributed by atoms with Gasteiger partial charge in [0.1, 0.15) is 0 Å². The summed E-state index contributed by atoms with van der Waals surface area (Å²) in [5.74, 6) is -0.419. The number of hydrogen-bond donors (Lipinski definition) is 0. The molecule has 0 aromatic carbocycles. The second kappa shape index (κ2) is 6.32. The lowest BCUT2D eigenvalue weighted by Crippen LogP contribution is -2.25. The Morgan fingerprint density at radius 3 is 1.86 bits per heavy atom. The van der Waals surface area contributed by atoms with Gasteiger partial charge in [-0.2, -0.15) is 0 Å². The Bertz CT molecular complexity index is 244. The molecule has 0 radical (unpaired) electrons. The molecule has 0 fully saturated rings. The molecule has 80 valence electrons. The number of amides is 2. The summed E-state index contributed by atoms with van der Waals surface area (Å²) >= 11 is 0. The average Bonchev–Trinajstić information content (AvgIpc) is 2.36. The molecular weight excluding hydrogens is 182 g/mol. The van der Waals surface area contributed by atoms with Gasteiger partial charge >= 0.3 is 0 Å². The Hall–Kier alpha value is -1.16. The summed E-state index contributed by atoms with van der Waals surface area (Å²) in [6.07, 6.45) is 1.34. The Balaban J connectivity index is 0.000000292. The van der Waals surface area contributed by atoms with Gasteiger partial charge < -0.3 is 4.74 Å². The van der Waals surface area contributed by atoms with E-state index < -0.39 is 0 Å². The standard InChI is InChI=1S/C6H7NO2.C4H10O/c1-4-3-5(8)7(2)6(4)9;1-3-5-4-2/h3H,1-2H3;3-4H2,1-2H3. The molecule has 1 aliphatic rings. The lowest BCUT2D eigenvalue weighted by Gasteiger charge is -2.03. The molecule has 0 saturated carbocycles. The van der Waals surface area contributed by atoms with Gasteiger partial charge in [0.25, 0.3) is 11.8 Å². The van der Waals surface area contributed by atoms with E-state index in [1.165, 1.54) is 13.1 Å². The molecule has 1 aliphatic heterocycles. The Morgan fingerprint density at radius 2 is 1.79 bits per heavy atom. The fourth-order valence-electron chi connectivity index (χ4n) is 0.913. The van der Waals surface area contributed by atoms with Crippen LogP contribution in [0.25, 0.3) is 0 Å². The molecule has 4 nitrogen and oxygen atoms in total. The van der Waals surface area contributed by atoms with Crippen LogP contribution in [0.15, 0.2) is 11.6 Å². The smallest absolute Gasteiger partial charge is 0.256 e. The van der Waals surface area contributed by atoms with Gasteiger partial charge in [0, 0.05) is 31.9 Å². The van der Waals surface area contributed by atoms with Crippen molar-refractivity contribution in [3.8, 4) is 0 Å². The summed E-state index contributed by atoms with van der Waals surface area (Å²) in [5.41, 5.74) is 0.516. The minimum absolute atomic E-state index is 0.194. The van der Waals surface area contributed by atoms with Crippen LogP contribution in [0.1, 0.15) is 20.8 Å². The fourth-order valence-corrected chi connectivity index (χ4v) is 0.913. The van der Waals surface area contributed by atoms with Crippen LogP contribution in [-0.2, 0) is 14.3 Å². The first-order valence-corrected chi connectivity index (χ1v) is 4.62. The number of rotatable bonds is 2. The molecule has 0 aromatic rings. The fraction of sp³-hybridized carbons (Fsp3) is 0.600. The topological polar surface area (TPSA) is 46.6 Å². The van der Waals surface area contributed by atoms with Crippen molar-refractivity contribution in [2.45, 2.75) is 20.8 Å². The number of imide groups is 1. The van der Waals surface area contributed by atoms with Crippen molar-refractivity contribution in [3.05, 3.63) is 11.6 Å². The van der Waals surface area contributed by atoms with Crippen LogP contribution in [0.5, 0.6) is 0 Å². The summed E-state index contributed by atoms with van der Waals surface area (Å²) in [6, 6.07) is 0. The Labute approximate surface area is 84.5 Å². The summed E-state index contributed by atoms with van der Waals surface area (Å²) in [5, 5.41) is 0. The molecule has 2 amide bonds. The maximum atomic E-state index is 10.8. The van der Waals surface area contributed by atoms with E-state index in [0.717, 1.165) is 18.1 Å². The molecule has 1 heterocycles. The van der Waals surface area contributed by atoms with Crippen LogP contribution in [0.4, 0.5) is 0 Å². The third-order valence-electron chi connectivity index (χ3n) is 1.72. The zero-order valence-electron chi connectivity index (χ0n) is 9.16. The molecule has 0 saturated heterocycles. The van der Waals surface area contributed by atoms with E-state index in [2.05, 4.69) is 0 Å². The maximum Gasteiger partial charge on any atom is 0.256 e. The minimum Gasteiger partial charge on any atom is -0.382 e. The maximum absolute atomic E-state index is 10.8. The molecule has 4 heteroatoms. The highest BCUT2D eigenvalue weighted by Crippen LogP contribution is 2.07. The molecule has 0 bridgehead atoms. The molecule has 0 unspecified atom stereocenters. The number of carbonyl (C=O) groups is 2. The van der Waals surface area contributed by atoms with E-state index in [0.29, 0.717) is 5.57 Å². The predicted molar refractivity (Wildman–Crippen MR) is 53.7 cm³/mol. The van der Waals surface area contributed by atoms with Crippen molar-refractivity contribution in [2.75, 3.05) is 20.3 Å². The van der Waals surface area contributed by atoms with Gasteiger partial charge in [-0.05, 0) is 20.8 Å². The van der Waals surface area contributed by atoms with Gasteiger partial charge in [-0.3, -0.25) is 14.5 Å².